The molecule has 0 saturated heterocycles. The molecule has 0 aromatic heterocycles. The van der Waals surface area contributed by atoms with Crippen LogP contribution < -0.4 is 5.32 Å². The molecule has 1 rings (SSSR count). The van der Waals surface area contributed by atoms with Crippen molar-refractivity contribution in [3.63, 3.8) is 0 Å². The molecule has 1 aliphatic carbocycles. The van der Waals surface area contributed by atoms with Gasteiger partial charge in [0.05, 0.1) is 12.5 Å². The van der Waals surface area contributed by atoms with Crippen LogP contribution in [0, 0.1) is 5.41 Å². The maximum absolute atomic E-state index is 12.0. The smallest absolute Gasteiger partial charge is 0.407 e. The fourth-order valence-electron chi connectivity index (χ4n) is 2.45. The van der Waals surface area contributed by atoms with Crippen LogP contribution in [0.3, 0.4) is 0 Å². The van der Waals surface area contributed by atoms with Crippen molar-refractivity contribution in [2.75, 3.05) is 13.7 Å². The molecule has 19 heavy (non-hydrogen) atoms. The van der Waals surface area contributed by atoms with Crippen LogP contribution in [0.4, 0.5) is 4.79 Å². The van der Waals surface area contributed by atoms with Gasteiger partial charge in [-0.1, -0.05) is 19.3 Å². The van der Waals surface area contributed by atoms with Gasteiger partial charge in [-0.3, -0.25) is 4.79 Å². The number of esters is 1. The molecule has 1 fully saturated rings. The fourth-order valence-corrected chi connectivity index (χ4v) is 2.45. The molecule has 5 nitrogen and oxygen atoms in total. The van der Waals surface area contributed by atoms with Crippen LogP contribution in [-0.4, -0.2) is 31.3 Å². The summed E-state index contributed by atoms with van der Waals surface area (Å²) >= 11 is 0. The molecular weight excluding hydrogens is 246 g/mol. The van der Waals surface area contributed by atoms with Gasteiger partial charge in [0.25, 0.3) is 0 Å². The van der Waals surface area contributed by atoms with Crippen LogP contribution in [0.2, 0.25) is 0 Å². The Bertz CT molecular complexity index is 327. The summed E-state index contributed by atoms with van der Waals surface area (Å²) in [4.78, 5) is 23.6. The number of rotatable bonds is 3. The highest BCUT2D eigenvalue weighted by Gasteiger charge is 2.41. The average molecular weight is 271 g/mol. The minimum absolute atomic E-state index is 0.233. The van der Waals surface area contributed by atoms with Crippen LogP contribution in [-0.2, 0) is 14.3 Å². The van der Waals surface area contributed by atoms with Gasteiger partial charge in [0.2, 0.25) is 0 Å². The van der Waals surface area contributed by atoms with E-state index in [1.807, 2.05) is 20.8 Å². The number of amides is 1. The van der Waals surface area contributed by atoms with E-state index >= 15 is 0 Å². The second-order valence-electron chi connectivity index (χ2n) is 6.19. The zero-order chi connectivity index (χ0) is 14.5. The van der Waals surface area contributed by atoms with Crippen LogP contribution in [0.1, 0.15) is 52.9 Å². The third kappa shape index (κ3) is 4.73. The Balaban J connectivity index is 2.59. The molecule has 0 bridgehead atoms. The number of methoxy groups -OCH3 is 1. The Morgan fingerprint density at radius 1 is 1.16 bits per heavy atom. The first-order valence-corrected chi connectivity index (χ1v) is 6.84. The van der Waals surface area contributed by atoms with E-state index in [0.717, 1.165) is 32.1 Å². The zero-order valence-corrected chi connectivity index (χ0v) is 12.4. The molecule has 0 atom stereocenters. The maximum atomic E-state index is 12.0. The van der Waals surface area contributed by atoms with Crippen LogP contribution >= 0.6 is 0 Å². The summed E-state index contributed by atoms with van der Waals surface area (Å²) in [6, 6.07) is 0. The summed E-state index contributed by atoms with van der Waals surface area (Å²) < 4.78 is 10.1. The molecule has 0 heterocycles. The molecule has 1 amide bonds. The predicted octanol–water partition coefficient (Wildman–Crippen LogP) is 2.63. The first kappa shape index (κ1) is 15.8. The van der Waals surface area contributed by atoms with E-state index < -0.39 is 17.1 Å². The Morgan fingerprint density at radius 2 is 1.74 bits per heavy atom. The molecule has 0 unspecified atom stereocenters. The molecular formula is C14H25NO4. The van der Waals surface area contributed by atoms with Crippen LogP contribution in [0.15, 0.2) is 0 Å². The molecule has 0 spiro atoms. The first-order chi connectivity index (χ1) is 8.79. The highest BCUT2D eigenvalue weighted by atomic mass is 16.6. The minimum Gasteiger partial charge on any atom is -0.469 e. The maximum Gasteiger partial charge on any atom is 0.407 e. The summed E-state index contributed by atoms with van der Waals surface area (Å²) in [6.07, 6.45) is 4.15. The van der Waals surface area contributed by atoms with Gasteiger partial charge in [-0.25, -0.2) is 4.79 Å². The number of carbonyl (C=O) groups excluding carboxylic acids is 2. The van der Waals surface area contributed by atoms with E-state index in [1.165, 1.54) is 7.11 Å². The van der Waals surface area contributed by atoms with Crippen molar-refractivity contribution in [3.8, 4) is 0 Å². The molecule has 1 saturated carbocycles. The fraction of sp³-hybridized carbons (Fsp3) is 0.857. The van der Waals surface area contributed by atoms with Crippen molar-refractivity contribution in [2.24, 2.45) is 5.41 Å². The summed E-state index contributed by atoms with van der Waals surface area (Å²) in [7, 11) is 1.40. The summed E-state index contributed by atoms with van der Waals surface area (Å²) in [5.41, 5.74) is -1.11. The molecule has 1 N–H and O–H groups in total. The first-order valence-electron chi connectivity index (χ1n) is 6.84. The van der Waals surface area contributed by atoms with Gasteiger partial charge < -0.3 is 14.8 Å². The highest BCUT2D eigenvalue weighted by Crippen LogP contribution is 2.36. The second kappa shape index (κ2) is 6.26. The molecule has 110 valence electrons. The zero-order valence-electron chi connectivity index (χ0n) is 12.4. The SMILES string of the molecule is COC(=O)C1(CNC(=O)OC(C)(C)C)CCCCC1. The summed E-state index contributed by atoms with van der Waals surface area (Å²) in [6.45, 7) is 5.71. The van der Waals surface area contributed by atoms with E-state index in [1.54, 1.807) is 0 Å². The van der Waals surface area contributed by atoms with Gasteiger partial charge >= 0.3 is 12.1 Å². The number of nitrogens with one attached hydrogen (secondary N) is 1. The van der Waals surface area contributed by atoms with Gasteiger partial charge in [0, 0.05) is 6.54 Å². The minimum atomic E-state index is -0.579. The monoisotopic (exact) mass is 271 g/mol. The summed E-state index contributed by atoms with van der Waals surface area (Å²) in [5.74, 6) is -0.233. The summed E-state index contributed by atoms with van der Waals surface area (Å²) in [5, 5.41) is 2.70. The second-order valence-corrected chi connectivity index (χ2v) is 6.19. The van der Waals surface area contributed by atoms with Crippen molar-refractivity contribution in [1.29, 1.82) is 0 Å². The lowest BCUT2D eigenvalue weighted by Crippen LogP contribution is -2.46. The van der Waals surface area contributed by atoms with Crippen molar-refractivity contribution in [2.45, 2.75) is 58.5 Å². The van der Waals surface area contributed by atoms with Gasteiger partial charge in [0.15, 0.2) is 0 Å². The van der Waals surface area contributed by atoms with Crippen molar-refractivity contribution in [1.82, 2.24) is 5.32 Å². The predicted molar refractivity (Wildman–Crippen MR) is 71.8 cm³/mol. The third-order valence-electron chi connectivity index (χ3n) is 3.40. The normalized spacial score (nSPS) is 18.5. The van der Waals surface area contributed by atoms with E-state index in [4.69, 9.17) is 9.47 Å². The third-order valence-corrected chi connectivity index (χ3v) is 3.40. The van der Waals surface area contributed by atoms with E-state index in [2.05, 4.69) is 5.32 Å². The molecule has 1 aliphatic rings. The van der Waals surface area contributed by atoms with Crippen LogP contribution in [0.25, 0.3) is 0 Å². The van der Waals surface area contributed by atoms with Crippen molar-refractivity contribution < 1.29 is 19.1 Å². The van der Waals surface area contributed by atoms with E-state index in [-0.39, 0.29) is 12.5 Å². The average Bonchev–Trinajstić information content (AvgIpc) is 2.34. The molecule has 0 aromatic carbocycles. The topological polar surface area (TPSA) is 64.6 Å². The standard InChI is InChI=1S/C14H25NO4/c1-13(2,3)19-12(17)15-10-14(11(16)18-4)8-6-5-7-9-14/h5-10H2,1-4H3,(H,15,17). The van der Waals surface area contributed by atoms with Crippen molar-refractivity contribution >= 4 is 12.1 Å². The quantitative estimate of drug-likeness (QED) is 0.801. The van der Waals surface area contributed by atoms with Crippen molar-refractivity contribution in [3.05, 3.63) is 0 Å². The highest BCUT2D eigenvalue weighted by molar-refractivity contribution is 5.78. The molecule has 0 aliphatic heterocycles. The molecule has 0 radical (unpaired) electrons. The largest absolute Gasteiger partial charge is 0.469 e. The Hall–Kier alpha value is -1.26. The van der Waals surface area contributed by atoms with Gasteiger partial charge in [-0.2, -0.15) is 0 Å². The lowest BCUT2D eigenvalue weighted by molar-refractivity contribution is -0.154. The Labute approximate surface area is 115 Å². The van der Waals surface area contributed by atoms with Gasteiger partial charge in [-0.15, -0.1) is 0 Å². The number of ether oxygens (including phenoxy) is 2. The molecule has 5 heteroatoms. The lowest BCUT2D eigenvalue weighted by atomic mass is 9.74. The lowest BCUT2D eigenvalue weighted by Gasteiger charge is -2.34. The number of hydrogen-bond donors (Lipinski definition) is 1. The van der Waals surface area contributed by atoms with Gasteiger partial charge in [0.1, 0.15) is 5.60 Å². The van der Waals surface area contributed by atoms with E-state index in [0.29, 0.717) is 0 Å². The van der Waals surface area contributed by atoms with E-state index in [9.17, 15) is 9.59 Å². The van der Waals surface area contributed by atoms with Crippen LogP contribution in [0.5, 0.6) is 0 Å². The number of hydrogen-bond acceptors (Lipinski definition) is 4. The molecule has 0 aromatic rings. The number of carbonyl (C=O) groups is 2. The number of alkyl carbamates (subject to hydrolysis) is 1. The Kier molecular flexibility index (Phi) is 5.20. The Morgan fingerprint density at radius 3 is 2.21 bits per heavy atom. The van der Waals surface area contributed by atoms with Gasteiger partial charge in [-0.05, 0) is 33.6 Å².